The lowest BCUT2D eigenvalue weighted by Gasteiger charge is -2.16. The fourth-order valence-electron chi connectivity index (χ4n) is 1.58. The average molecular weight is 225 g/mol. The van der Waals surface area contributed by atoms with Crippen molar-refractivity contribution >= 4 is 0 Å². The van der Waals surface area contributed by atoms with E-state index < -0.39 is 12.1 Å². The molecule has 5 nitrogen and oxygen atoms in total. The predicted molar refractivity (Wildman–Crippen MR) is 57.3 cm³/mol. The van der Waals surface area contributed by atoms with Crippen molar-refractivity contribution in [3.05, 3.63) is 23.8 Å². The second-order valence-electron chi connectivity index (χ2n) is 3.81. The Balaban J connectivity index is 2.05. The number of nitrogens with two attached hydrogens (primary N) is 1. The molecule has 0 aliphatic carbocycles. The van der Waals surface area contributed by atoms with Crippen LogP contribution in [-0.4, -0.2) is 35.8 Å². The Morgan fingerprint density at radius 3 is 2.81 bits per heavy atom. The minimum atomic E-state index is -0.759. The van der Waals surface area contributed by atoms with Crippen LogP contribution in [0.15, 0.2) is 18.2 Å². The van der Waals surface area contributed by atoms with Crippen LogP contribution in [0.25, 0.3) is 0 Å². The van der Waals surface area contributed by atoms with Crippen molar-refractivity contribution in [2.75, 3.05) is 13.4 Å². The molecule has 0 saturated carbocycles. The summed E-state index contributed by atoms with van der Waals surface area (Å²) >= 11 is 0. The van der Waals surface area contributed by atoms with Crippen LogP contribution in [0.5, 0.6) is 11.5 Å². The molecule has 2 unspecified atom stereocenters. The third-order valence-electron chi connectivity index (χ3n) is 2.59. The fourth-order valence-corrected chi connectivity index (χ4v) is 1.58. The van der Waals surface area contributed by atoms with Gasteiger partial charge in [0.05, 0.1) is 18.8 Å². The molecule has 4 N–H and O–H groups in total. The van der Waals surface area contributed by atoms with Crippen LogP contribution in [0.3, 0.4) is 0 Å². The second-order valence-corrected chi connectivity index (χ2v) is 3.81. The van der Waals surface area contributed by atoms with Crippen molar-refractivity contribution in [2.45, 2.75) is 18.6 Å². The van der Waals surface area contributed by atoms with Gasteiger partial charge in [0.1, 0.15) is 0 Å². The monoisotopic (exact) mass is 225 g/mol. The van der Waals surface area contributed by atoms with Crippen molar-refractivity contribution in [3.63, 3.8) is 0 Å². The van der Waals surface area contributed by atoms with Crippen LogP contribution >= 0.6 is 0 Å². The zero-order valence-electron chi connectivity index (χ0n) is 8.80. The van der Waals surface area contributed by atoms with Gasteiger partial charge in [-0.05, 0) is 17.7 Å². The first-order valence-corrected chi connectivity index (χ1v) is 5.13. The number of hydrogen-bond donors (Lipinski definition) is 3. The quantitative estimate of drug-likeness (QED) is 0.651. The van der Waals surface area contributed by atoms with E-state index in [0.717, 1.165) is 5.56 Å². The third-order valence-corrected chi connectivity index (χ3v) is 2.59. The van der Waals surface area contributed by atoms with E-state index in [0.29, 0.717) is 17.9 Å². The molecule has 88 valence electrons. The molecule has 0 spiro atoms. The Bertz CT molecular complexity index is 369. The summed E-state index contributed by atoms with van der Waals surface area (Å²) in [6.07, 6.45) is -0.372. The highest BCUT2D eigenvalue weighted by Crippen LogP contribution is 2.32. The molecule has 1 aliphatic heterocycles. The van der Waals surface area contributed by atoms with E-state index in [-0.39, 0.29) is 13.4 Å². The fraction of sp³-hybridized carbons (Fsp3) is 0.455. The van der Waals surface area contributed by atoms with E-state index in [2.05, 4.69) is 0 Å². The molecule has 0 saturated heterocycles. The molecular formula is C11H15NO4. The molecule has 2 rings (SSSR count). The molecule has 0 amide bonds. The minimum Gasteiger partial charge on any atom is -0.454 e. The Morgan fingerprint density at radius 1 is 1.31 bits per heavy atom. The molecule has 0 fully saturated rings. The van der Waals surface area contributed by atoms with Crippen LogP contribution in [0.4, 0.5) is 0 Å². The second kappa shape index (κ2) is 4.69. The topological polar surface area (TPSA) is 84.9 Å². The summed E-state index contributed by atoms with van der Waals surface area (Å²) in [4.78, 5) is 0. The summed E-state index contributed by atoms with van der Waals surface area (Å²) in [6.45, 7) is 0.00319. The maximum atomic E-state index is 9.66. The van der Waals surface area contributed by atoms with E-state index >= 15 is 0 Å². The molecule has 1 aliphatic rings. The van der Waals surface area contributed by atoms with Crippen LogP contribution in [0, 0.1) is 0 Å². The summed E-state index contributed by atoms with van der Waals surface area (Å²) in [5.41, 5.74) is 6.42. The summed E-state index contributed by atoms with van der Waals surface area (Å²) in [7, 11) is 0. The molecule has 0 radical (unpaired) electrons. The van der Waals surface area contributed by atoms with Gasteiger partial charge in [-0.25, -0.2) is 0 Å². The van der Waals surface area contributed by atoms with Crippen LogP contribution in [0.1, 0.15) is 5.56 Å². The standard InChI is InChI=1S/C11H15NO4/c12-8(5-13)9(14)3-7-1-2-10-11(4-7)16-6-15-10/h1-2,4,8-9,13-14H,3,5-6,12H2. The van der Waals surface area contributed by atoms with Gasteiger partial charge < -0.3 is 25.4 Å². The lowest BCUT2D eigenvalue weighted by Crippen LogP contribution is -2.39. The zero-order valence-corrected chi connectivity index (χ0v) is 8.80. The molecule has 16 heavy (non-hydrogen) atoms. The maximum absolute atomic E-state index is 9.66. The molecule has 5 heteroatoms. The van der Waals surface area contributed by atoms with Gasteiger partial charge in [0.25, 0.3) is 0 Å². The van der Waals surface area contributed by atoms with Crippen LogP contribution < -0.4 is 15.2 Å². The molecular weight excluding hydrogens is 210 g/mol. The number of fused-ring (bicyclic) bond motifs is 1. The van der Waals surface area contributed by atoms with E-state index in [9.17, 15) is 5.11 Å². The number of aliphatic hydroxyl groups is 2. The SMILES string of the molecule is NC(CO)C(O)Cc1ccc2c(c1)OCO2. The first-order valence-electron chi connectivity index (χ1n) is 5.13. The summed E-state index contributed by atoms with van der Waals surface area (Å²) in [6, 6.07) is 4.84. The molecule has 2 atom stereocenters. The van der Waals surface area contributed by atoms with Crippen molar-refractivity contribution in [2.24, 2.45) is 5.73 Å². The highest BCUT2D eigenvalue weighted by Gasteiger charge is 2.17. The van der Waals surface area contributed by atoms with Gasteiger partial charge in [-0.1, -0.05) is 6.07 Å². The number of rotatable bonds is 4. The molecule has 0 aromatic heterocycles. The van der Waals surface area contributed by atoms with E-state index in [4.69, 9.17) is 20.3 Å². The zero-order chi connectivity index (χ0) is 11.5. The van der Waals surface area contributed by atoms with Gasteiger partial charge in [0.2, 0.25) is 6.79 Å². The molecule has 1 aromatic carbocycles. The summed E-state index contributed by atoms with van der Waals surface area (Å²) < 4.78 is 10.4. The average Bonchev–Trinajstić information content (AvgIpc) is 2.75. The van der Waals surface area contributed by atoms with E-state index in [1.165, 1.54) is 0 Å². The Kier molecular flexibility index (Phi) is 3.28. The first-order chi connectivity index (χ1) is 7.70. The number of aliphatic hydroxyl groups excluding tert-OH is 2. The highest BCUT2D eigenvalue weighted by molar-refractivity contribution is 5.44. The molecule has 0 bridgehead atoms. The highest BCUT2D eigenvalue weighted by atomic mass is 16.7. The smallest absolute Gasteiger partial charge is 0.231 e. The lowest BCUT2D eigenvalue weighted by atomic mass is 10.0. The van der Waals surface area contributed by atoms with E-state index in [1.807, 2.05) is 12.1 Å². The Labute approximate surface area is 93.4 Å². The largest absolute Gasteiger partial charge is 0.454 e. The lowest BCUT2D eigenvalue weighted by molar-refractivity contribution is 0.109. The first kappa shape index (κ1) is 11.2. The Hall–Kier alpha value is -1.30. The molecule has 1 heterocycles. The third kappa shape index (κ3) is 2.27. The van der Waals surface area contributed by atoms with Crippen LogP contribution in [0.2, 0.25) is 0 Å². The molecule has 1 aromatic rings. The summed E-state index contributed by atoms with van der Waals surface area (Å²) in [5.74, 6) is 1.40. The normalized spacial score (nSPS) is 17.2. The predicted octanol–water partition coefficient (Wildman–Crippen LogP) is -0.362. The maximum Gasteiger partial charge on any atom is 0.231 e. The van der Waals surface area contributed by atoms with Gasteiger partial charge in [-0.3, -0.25) is 0 Å². The number of benzene rings is 1. The van der Waals surface area contributed by atoms with E-state index in [1.54, 1.807) is 6.07 Å². The van der Waals surface area contributed by atoms with Gasteiger partial charge in [0, 0.05) is 6.42 Å². The minimum absolute atomic E-state index is 0.230. The van der Waals surface area contributed by atoms with Gasteiger partial charge in [-0.2, -0.15) is 0 Å². The van der Waals surface area contributed by atoms with Crippen molar-refractivity contribution in [1.82, 2.24) is 0 Å². The van der Waals surface area contributed by atoms with Gasteiger partial charge in [0.15, 0.2) is 11.5 Å². The van der Waals surface area contributed by atoms with Crippen molar-refractivity contribution < 1.29 is 19.7 Å². The van der Waals surface area contributed by atoms with Crippen molar-refractivity contribution in [3.8, 4) is 11.5 Å². The van der Waals surface area contributed by atoms with Crippen molar-refractivity contribution in [1.29, 1.82) is 0 Å². The number of ether oxygens (including phenoxy) is 2. The van der Waals surface area contributed by atoms with Gasteiger partial charge >= 0.3 is 0 Å². The van der Waals surface area contributed by atoms with Gasteiger partial charge in [-0.15, -0.1) is 0 Å². The summed E-state index contributed by atoms with van der Waals surface area (Å²) in [5, 5.41) is 18.5. The number of hydrogen-bond acceptors (Lipinski definition) is 5. The Morgan fingerprint density at radius 2 is 2.06 bits per heavy atom. The van der Waals surface area contributed by atoms with Crippen LogP contribution in [-0.2, 0) is 6.42 Å².